The first kappa shape index (κ1) is 30.1. The molecule has 0 amide bonds. The average molecular weight is 495 g/mol. The van der Waals surface area contributed by atoms with E-state index in [-0.39, 0.29) is 23.9 Å². The van der Waals surface area contributed by atoms with E-state index in [4.69, 9.17) is 0 Å². The first-order chi connectivity index (χ1) is 17.4. The smallest absolute Gasteiger partial charge is 0.303 e. The molecule has 2 rings (SSSR count). The van der Waals surface area contributed by atoms with Crippen LogP contribution in [0.5, 0.6) is 0 Å². The molecule has 2 unspecified atom stereocenters. The van der Waals surface area contributed by atoms with Crippen molar-refractivity contribution in [3.05, 3.63) is 71.8 Å². The Kier molecular flexibility index (Phi) is 13.9. The van der Waals surface area contributed by atoms with Crippen molar-refractivity contribution in [1.82, 2.24) is 0 Å². The summed E-state index contributed by atoms with van der Waals surface area (Å²) in [6, 6.07) is 21.3. The fraction of sp³-hybridized carbons (Fsp3) is 0.606. The minimum Gasteiger partial charge on any atom is -0.481 e. The Balaban J connectivity index is 1.60. The SMILES string of the molecule is CC(CCCO)(CCCCCCCCCCCC(C)(CCC(=O)O)c1ccccc1)c1ccccc1. The lowest BCUT2D eigenvalue weighted by Crippen LogP contribution is -2.23. The standard InChI is InChI=1S/C33H50O3/c1-32(26-18-28-34,29-19-12-10-13-20-29)24-16-8-6-4-3-5-7-9-17-25-33(2,27-23-31(35)36)30-21-14-11-15-22-30/h10-15,19-22,34H,3-9,16-18,23-28H2,1-2H3,(H,35,36). The second-order valence-electron chi connectivity index (χ2n) is 11.3. The molecule has 3 nitrogen and oxygen atoms in total. The van der Waals surface area contributed by atoms with Gasteiger partial charge in [-0.3, -0.25) is 4.79 Å². The molecule has 0 radical (unpaired) electrons. The Hall–Kier alpha value is -2.13. The van der Waals surface area contributed by atoms with E-state index in [1.165, 1.54) is 68.9 Å². The number of hydrogen-bond donors (Lipinski definition) is 2. The molecule has 0 saturated heterocycles. The Morgan fingerprint density at radius 1 is 0.583 bits per heavy atom. The van der Waals surface area contributed by atoms with Crippen molar-refractivity contribution in [2.24, 2.45) is 0 Å². The van der Waals surface area contributed by atoms with Gasteiger partial charge in [-0.1, -0.05) is 132 Å². The van der Waals surface area contributed by atoms with Crippen molar-refractivity contribution < 1.29 is 15.0 Å². The zero-order valence-electron chi connectivity index (χ0n) is 22.9. The lowest BCUT2D eigenvalue weighted by molar-refractivity contribution is -0.137. The highest BCUT2D eigenvalue weighted by molar-refractivity contribution is 5.66. The fourth-order valence-electron chi connectivity index (χ4n) is 5.63. The van der Waals surface area contributed by atoms with Crippen molar-refractivity contribution in [2.45, 2.75) is 121 Å². The summed E-state index contributed by atoms with van der Waals surface area (Å²) in [4.78, 5) is 11.2. The van der Waals surface area contributed by atoms with E-state index < -0.39 is 5.97 Å². The number of unbranched alkanes of at least 4 members (excludes halogenated alkanes) is 8. The maximum absolute atomic E-state index is 11.2. The van der Waals surface area contributed by atoms with Crippen LogP contribution in [0.1, 0.15) is 121 Å². The van der Waals surface area contributed by atoms with Crippen molar-refractivity contribution in [1.29, 1.82) is 0 Å². The molecule has 0 aromatic heterocycles. The molecule has 2 atom stereocenters. The predicted octanol–water partition coefficient (Wildman–Crippen LogP) is 8.83. The van der Waals surface area contributed by atoms with Gasteiger partial charge in [0.15, 0.2) is 0 Å². The molecule has 0 spiro atoms. The number of hydrogen-bond acceptors (Lipinski definition) is 2. The molecule has 0 aliphatic heterocycles. The van der Waals surface area contributed by atoms with E-state index in [9.17, 15) is 15.0 Å². The van der Waals surface area contributed by atoms with Gasteiger partial charge in [-0.15, -0.1) is 0 Å². The van der Waals surface area contributed by atoms with Crippen LogP contribution in [0.2, 0.25) is 0 Å². The quantitative estimate of drug-likeness (QED) is 0.181. The van der Waals surface area contributed by atoms with Crippen LogP contribution in [0.4, 0.5) is 0 Å². The van der Waals surface area contributed by atoms with E-state index in [1.807, 2.05) is 6.07 Å². The summed E-state index contributed by atoms with van der Waals surface area (Å²) >= 11 is 0. The summed E-state index contributed by atoms with van der Waals surface area (Å²) in [6.45, 7) is 4.87. The van der Waals surface area contributed by atoms with Gasteiger partial charge in [0.05, 0.1) is 0 Å². The highest BCUT2D eigenvalue weighted by atomic mass is 16.4. The van der Waals surface area contributed by atoms with E-state index in [1.54, 1.807) is 0 Å². The minimum absolute atomic E-state index is 0.0505. The third-order valence-corrected chi connectivity index (χ3v) is 8.18. The number of rotatable bonds is 20. The van der Waals surface area contributed by atoms with E-state index >= 15 is 0 Å². The number of benzene rings is 2. The second kappa shape index (κ2) is 16.6. The molecule has 0 aliphatic carbocycles. The number of aliphatic hydroxyl groups is 1. The number of aliphatic hydroxyl groups excluding tert-OH is 1. The van der Waals surface area contributed by atoms with Crippen LogP contribution < -0.4 is 0 Å². The fourth-order valence-corrected chi connectivity index (χ4v) is 5.63. The van der Waals surface area contributed by atoms with Gasteiger partial charge in [0.2, 0.25) is 0 Å². The van der Waals surface area contributed by atoms with Crippen LogP contribution in [0.25, 0.3) is 0 Å². The third kappa shape index (κ3) is 10.9. The normalized spacial score (nSPS) is 14.8. The highest BCUT2D eigenvalue weighted by Crippen LogP contribution is 2.36. The number of carbonyl (C=O) groups is 1. The molecule has 0 heterocycles. The molecule has 200 valence electrons. The minimum atomic E-state index is -0.702. The van der Waals surface area contributed by atoms with Crippen LogP contribution in [-0.4, -0.2) is 22.8 Å². The second-order valence-corrected chi connectivity index (χ2v) is 11.3. The number of aliphatic carboxylic acids is 1. The Morgan fingerprint density at radius 2 is 0.944 bits per heavy atom. The van der Waals surface area contributed by atoms with Gasteiger partial charge >= 0.3 is 5.97 Å². The summed E-state index contributed by atoms with van der Waals surface area (Å²) in [5.41, 5.74) is 2.80. The van der Waals surface area contributed by atoms with Crippen molar-refractivity contribution in [3.63, 3.8) is 0 Å². The summed E-state index contributed by atoms with van der Waals surface area (Å²) in [6.07, 6.45) is 16.6. The lowest BCUT2D eigenvalue weighted by atomic mass is 9.74. The van der Waals surface area contributed by atoms with Gasteiger partial charge in [-0.05, 0) is 54.1 Å². The molecule has 0 bridgehead atoms. The molecular weight excluding hydrogens is 444 g/mol. The zero-order chi connectivity index (χ0) is 26.1. The molecule has 0 aliphatic rings. The molecular formula is C33H50O3. The van der Waals surface area contributed by atoms with Crippen LogP contribution in [0, 0.1) is 0 Å². The Bertz CT molecular complexity index is 835. The van der Waals surface area contributed by atoms with Crippen LogP contribution in [0.3, 0.4) is 0 Å². The molecule has 3 heteroatoms. The molecule has 2 aromatic carbocycles. The predicted molar refractivity (Wildman–Crippen MR) is 152 cm³/mol. The summed E-state index contributed by atoms with van der Waals surface area (Å²) in [7, 11) is 0. The van der Waals surface area contributed by atoms with Crippen LogP contribution >= 0.6 is 0 Å². The van der Waals surface area contributed by atoms with Gasteiger partial charge in [-0.25, -0.2) is 0 Å². The summed E-state index contributed by atoms with van der Waals surface area (Å²) < 4.78 is 0. The van der Waals surface area contributed by atoms with E-state index in [0.29, 0.717) is 6.42 Å². The largest absolute Gasteiger partial charge is 0.481 e. The monoisotopic (exact) mass is 494 g/mol. The summed E-state index contributed by atoms with van der Waals surface area (Å²) in [5, 5.41) is 18.5. The first-order valence-electron chi connectivity index (χ1n) is 14.3. The van der Waals surface area contributed by atoms with Gasteiger partial charge in [0.25, 0.3) is 0 Å². The van der Waals surface area contributed by atoms with Crippen molar-refractivity contribution in [2.75, 3.05) is 6.61 Å². The van der Waals surface area contributed by atoms with Crippen LogP contribution in [-0.2, 0) is 15.6 Å². The average Bonchev–Trinajstić information content (AvgIpc) is 2.90. The molecule has 0 saturated carbocycles. The lowest BCUT2D eigenvalue weighted by Gasteiger charge is -2.30. The maximum atomic E-state index is 11.2. The van der Waals surface area contributed by atoms with Gasteiger partial charge in [-0.2, -0.15) is 0 Å². The summed E-state index contributed by atoms with van der Waals surface area (Å²) in [5.74, 6) is -0.702. The van der Waals surface area contributed by atoms with Crippen molar-refractivity contribution >= 4 is 5.97 Å². The number of carboxylic acid groups (broad SMARTS) is 1. The van der Waals surface area contributed by atoms with E-state index in [2.05, 4.69) is 68.4 Å². The first-order valence-corrected chi connectivity index (χ1v) is 14.3. The third-order valence-electron chi connectivity index (χ3n) is 8.18. The molecule has 2 aromatic rings. The van der Waals surface area contributed by atoms with Gasteiger partial charge in [0, 0.05) is 13.0 Å². The topological polar surface area (TPSA) is 57.5 Å². The Labute approximate surface area is 220 Å². The van der Waals surface area contributed by atoms with E-state index in [0.717, 1.165) is 25.7 Å². The van der Waals surface area contributed by atoms with Crippen molar-refractivity contribution in [3.8, 4) is 0 Å². The number of carboxylic acids is 1. The highest BCUT2D eigenvalue weighted by Gasteiger charge is 2.27. The molecule has 36 heavy (non-hydrogen) atoms. The van der Waals surface area contributed by atoms with Crippen LogP contribution in [0.15, 0.2) is 60.7 Å². The molecule has 0 fully saturated rings. The van der Waals surface area contributed by atoms with Gasteiger partial charge in [0.1, 0.15) is 0 Å². The molecule has 2 N–H and O–H groups in total. The zero-order valence-corrected chi connectivity index (χ0v) is 22.9. The van der Waals surface area contributed by atoms with Gasteiger partial charge < -0.3 is 10.2 Å². The maximum Gasteiger partial charge on any atom is 0.303 e. The Morgan fingerprint density at radius 3 is 1.33 bits per heavy atom.